The van der Waals surface area contributed by atoms with Crippen molar-refractivity contribution in [2.45, 2.75) is 23.2 Å². The molecule has 390 valence electrons. The monoisotopic (exact) mass is 1060 g/mol. The van der Waals surface area contributed by atoms with Gasteiger partial charge in [-0.05, 0) is 172 Å². The molecule has 0 bridgehead atoms. The fourth-order valence-electron chi connectivity index (χ4n) is 15.0. The van der Waals surface area contributed by atoms with Crippen LogP contribution in [0.3, 0.4) is 0 Å². The van der Waals surface area contributed by atoms with E-state index >= 15 is 0 Å². The second-order valence-corrected chi connectivity index (χ2v) is 22.8. The van der Waals surface area contributed by atoms with Gasteiger partial charge in [0.15, 0.2) is 0 Å². The number of rotatable bonds is 10. The summed E-state index contributed by atoms with van der Waals surface area (Å²) in [7, 11) is 0. The molecule has 1 atom stereocenters. The van der Waals surface area contributed by atoms with E-state index in [1.165, 1.54) is 111 Å². The van der Waals surface area contributed by atoms with Crippen LogP contribution < -0.4 is 4.90 Å². The van der Waals surface area contributed by atoms with Crippen LogP contribution in [0, 0.1) is 0 Å². The van der Waals surface area contributed by atoms with Gasteiger partial charge < -0.3 is 4.90 Å². The van der Waals surface area contributed by atoms with Crippen LogP contribution in [0.4, 0.5) is 17.1 Å². The Labute approximate surface area is 486 Å². The molecule has 3 aliphatic rings. The predicted octanol–water partition coefficient (Wildman–Crippen LogP) is 20.6. The topological polar surface area (TPSA) is 3.24 Å². The molecule has 16 rings (SSSR count). The van der Waals surface area contributed by atoms with Gasteiger partial charge in [0.05, 0.1) is 10.8 Å². The first-order valence-electron chi connectivity index (χ1n) is 29.1. The first-order chi connectivity index (χ1) is 41.0. The Bertz CT molecular complexity index is 4510. The van der Waals surface area contributed by atoms with Crippen molar-refractivity contribution in [3.63, 3.8) is 0 Å². The minimum absolute atomic E-state index is 0.286. The minimum atomic E-state index is -0.548. The third-order valence-corrected chi connectivity index (χ3v) is 18.7. The van der Waals surface area contributed by atoms with E-state index < -0.39 is 10.8 Å². The summed E-state index contributed by atoms with van der Waals surface area (Å²) in [6.45, 7) is 2.40. The Kier molecular flexibility index (Phi) is 11.2. The van der Waals surface area contributed by atoms with Crippen LogP contribution in [-0.2, 0) is 16.2 Å². The lowest BCUT2D eigenvalue weighted by Crippen LogP contribution is -2.28. The Morgan fingerprint density at radius 2 is 0.494 bits per heavy atom. The van der Waals surface area contributed by atoms with E-state index in [1.54, 1.807) is 0 Å². The SMILES string of the molecule is CC1(c2ccccc2)c2ccccc2-c2ccc(-c3ccc(N(c4ccc(-c5ccc6c(c5)C(c5ccccc5)(c5ccccc5)c5ccccc5-6)cc4)c4ccc5c(c4)C(c4ccccc4)(c4ccccc4)c4ccccc4-5)cc3)cc21. The van der Waals surface area contributed by atoms with E-state index in [2.05, 4.69) is 339 Å². The summed E-state index contributed by atoms with van der Waals surface area (Å²) in [5, 5.41) is 0. The molecule has 0 heterocycles. The second kappa shape index (κ2) is 19.2. The molecule has 13 aromatic carbocycles. The van der Waals surface area contributed by atoms with E-state index in [0.29, 0.717) is 0 Å². The third kappa shape index (κ3) is 7.21. The Morgan fingerprint density at radius 3 is 0.928 bits per heavy atom. The van der Waals surface area contributed by atoms with Crippen LogP contribution in [0.1, 0.15) is 68.1 Å². The summed E-state index contributed by atoms with van der Waals surface area (Å²) >= 11 is 0. The van der Waals surface area contributed by atoms with Crippen LogP contribution >= 0.6 is 0 Å². The maximum Gasteiger partial charge on any atom is 0.0714 e. The zero-order chi connectivity index (χ0) is 55.1. The number of hydrogen-bond donors (Lipinski definition) is 0. The number of nitrogens with zero attached hydrogens (tertiary/aromatic N) is 1. The summed E-state index contributed by atoms with van der Waals surface area (Å²) in [6.07, 6.45) is 0. The highest BCUT2D eigenvalue weighted by Gasteiger charge is 2.48. The van der Waals surface area contributed by atoms with Crippen molar-refractivity contribution in [3.8, 4) is 55.6 Å². The highest BCUT2D eigenvalue weighted by Crippen LogP contribution is 2.59. The lowest BCUT2D eigenvalue weighted by atomic mass is 9.67. The van der Waals surface area contributed by atoms with Gasteiger partial charge in [0, 0.05) is 22.5 Å². The molecule has 0 spiro atoms. The van der Waals surface area contributed by atoms with Gasteiger partial charge in [0.2, 0.25) is 0 Å². The molecular weight excluding hydrogens is 999 g/mol. The van der Waals surface area contributed by atoms with Gasteiger partial charge in [-0.3, -0.25) is 0 Å². The molecule has 0 amide bonds. The molecule has 0 N–H and O–H groups in total. The average Bonchev–Trinajstić information content (AvgIpc) is 2.02. The van der Waals surface area contributed by atoms with Gasteiger partial charge in [-0.1, -0.05) is 279 Å². The van der Waals surface area contributed by atoms with Crippen molar-refractivity contribution in [3.05, 3.63) is 389 Å². The summed E-state index contributed by atoms with van der Waals surface area (Å²) < 4.78 is 0. The maximum absolute atomic E-state index is 2.48. The summed E-state index contributed by atoms with van der Waals surface area (Å²) in [6, 6.07) is 122. The molecule has 1 nitrogen and oxygen atoms in total. The Hall–Kier alpha value is -10.3. The standard InChI is InChI=1S/C82H57N/c1-80(60-23-7-2-8-24-60)74-36-20-17-33-68(74)71-50-43-58(53-77(71)80)56-39-45-65(46-40-56)83(67-49-52-73-70-35-19-22-38-76(70)82(79(73)55-67,63-29-13-5-14-30-63)64-31-15-6-16-32-64)66-47-41-57(42-48-66)59-44-51-72-69-34-18-21-37-75(69)81(78(72)54-59,61-25-9-3-10-26-61)62-27-11-4-12-28-62/h2-55H,1H3. The van der Waals surface area contributed by atoms with Crippen molar-refractivity contribution >= 4 is 17.1 Å². The lowest BCUT2D eigenvalue weighted by molar-refractivity contribution is 0.714. The van der Waals surface area contributed by atoms with Gasteiger partial charge in [-0.25, -0.2) is 0 Å². The van der Waals surface area contributed by atoms with Gasteiger partial charge in [0.25, 0.3) is 0 Å². The number of hydrogen-bond acceptors (Lipinski definition) is 1. The molecule has 1 unspecified atom stereocenters. The first-order valence-corrected chi connectivity index (χ1v) is 29.1. The zero-order valence-electron chi connectivity index (χ0n) is 46.1. The molecule has 0 saturated heterocycles. The molecule has 0 saturated carbocycles. The second-order valence-electron chi connectivity index (χ2n) is 22.8. The van der Waals surface area contributed by atoms with Crippen LogP contribution in [0.15, 0.2) is 328 Å². The van der Waals surface area contributed by atoms with E-state index in [9.17, 15) is 0 Å². The van der Waals surface area contributed by atoms with Gasteiger partial charge in [-0.15, -0.1) is 0 Å². The number of fused-ring (bicyclic) bond motifs is 9. The van der Waals surface area contributed by atoms with E-state index in [1.807, 2.05) is 0 Å². The van der Waals surface area contributed by atoms with E-state index in [-0.39, 0.29) is 5.41 Å². The van der Waals surface area contributed by atoms with Gasteiger partial charge >= 0.3 is 0 Å². The highest BCUT2D eigenvalue weighted by molar-refractivity contribution is 5.92. The predicted molar refractivity (Wildman–Crippen MR) is 344 cm³/mol. The zero-order valence-corrected chi connectivity index (χ0v) is 46.1. The number of anilines is 3. The third-order valence-electron chi connectivity index (χ3n) is 18.7. The summed E-state index contributed by atoms with van der Waals surface area (Å²) in [4.78, 5) is 2.46. The molecular formula is C82H57N. The highest BCUT2D eigenvalue weighted by atomic mass is 15.1. The molecule has 0 radical (unpaired) electrons. The van der Waals surface area contributed by atoms with Gasteiger partial charge in [0.1, 0.15) is 0 Å². The molecule has 0 aromatic heterocycles. The summed E-state index contributed by atoms with van der Waals surface area (Å²) in [5.41, 5.74) is 28.6. The number of benzene rings is 13. The molecule has 83 heavy (non-hydrogen) atoms. The molecule has 13 aromatic rings. The van der Waals surface area contributed by atoms with Crippen molar-refractivity contribution in [2.24, 2.45) is 0 Å². The van der Waals surface area contributed by atoms with Crippen LogP contribution in [0.5, 0.6) is 0 Å². The normalized spacial score (nSPS) is 15.3. The van der Waals surface area contributed by atoms with E-state index in [4.69, 9.17) is 0 Å². The fraction of sp³-hybridized carbons (Fsp3) is 0.0488. The van der Waals surface area contributed by atoms with Gasteiger partial charge in [-0.2, -0.15) is 0 Å². The van der Waals surface area contributed by atoms with E-state index in [0.717, 1.165) is 22.6 Å². The van der Waals surface area contributed by atoms with Crippen molar-refractivity contribution in [2.75, 3.05) is 4.90 Å². The van der Waals surface area contributed by atoms with Crippen molar-refractivity contribution in [1.82, 2.24) is 0 Å². The fourth-order valence-corrected chi connectivity index (χ4v) is 15.0. The molecule has 0 fully saturated rings. The summed E-state index contributed by atoms with van der Waals surface area (Å²) in [5.74, 6) is 0. The smallest absolute Gasteiger partial charge is 0.0714 e. The lowest BCUT2D eigenvalue weighted by Gasteiger charge is -2.35. The van der Waals surface area contributed by atoms with Crippen LogP contribution in [0.2, 0.25) is 0 Å². The maximum atomic E-state index is 2.48. The molecule has 0 aliphatic heterocycles. The molecule has 3 aliphatic carbocycles. The quantitative estimate of drug-likeness (QED) is 0.132. The Balaban J connectivity index is 0.848. The first kappa shape index (κ1) is 48.6. The average molecular weight is 1060 g/mol. The van der Waals surface area contributed by atoms with Crippen LogP contribution in [-0.4, -0.2) is 0 Å². The Morgan fingerprint density at radius 1 is 0.205 bits per heavy atom. The van der Waals surface area contributed by atoms with Crippen molar-refractivity contribution in [1.29, 1.82) is 0 Å². The van der Waals surface area contributed by atoms with Crippen molar-refractivity contribution < 1.29 is 0 Å². The minimum Gasteiger partial charge on any atom is -0.310 e. The van der Waals surface area contributed by atoms with Crippen LogP contribution in [0.25, 0.3) is 55.6 Å². The molecule has 1 heteroatoms. The largest absolute Gasteiger partial charge is 0.310 e.